The molecule has 0 aliphatic heterocycles. The van der Waals surface area contributed by atoms with E-state index in [-0.39, 0.29) is 10.7 Å². The van der Waals surface area contributed by atoms with Gasteiger partial charge in [0.05, 0.1) is 22.4 Å². The van der Waals surface area contributed by atoms with Crippen LogP contribution in [0.15, 0.2) is 12.3 Å². The number of pyridine rings is 1. The molecule has 1 aromatic heterocycles. The van der Waals surface area contributed by atoms with Crippen molar-refractivity contribution < 1.29 is 4.92 Å². The molecular formula is C11H11ClN4O2. The summed E-state index contributed by atoms with van der Waals surface area (Å²) in [5.41, 5.74) is -0.125. The van der Waals surface area contributed by atoms with Crippen LogP contribution < -0.4 is 4.90 Å². The lowest BCUT2D eigenvalue weighted by Crippen LogP contribution is -2.27. The lowest BCUT2D eigenvalue weighted by atomic mass is 10.3. The molecule has 1 fully saturated rings. The van der Waals surface area contributed by atoms with Crippen LogP contribution in [-0.4, -0.2) is 22.5 Å². The van der Waals surface area contributed by atoms with Gasteiger partial charge in [-0.3, -0.25) is 10.1 Å². The summed E-state index contributed by atoms with van der Waals surface area (Å²) in [7, 11) is 0. The molecule has 18 heavy (non-hydrogen) atoms. The summed E-state index contributed by atoms with van der Waals surface area (Å²) < 4.78 is 0. The van der Waals surface area contributed by atoms with Gasteiger partial charge >= 0.3 is 0 Å². The predicted octanol–water partition coefficient (Wildman–Crippen LogP) is 2.53. The zero-order valence-corrected chi connectivity index (χ0v) is 10.3. The van der Waals surface area contributed by atoms with Crippen LogP contribution in [0.1, 0.15) is 19.3 Å². The van der Waals surface area contributed by atoms with Gasteiger partial charge in [-0.25, -0.2) is 4.98 Å². The summed E-state index contributed by atoms with van der Waals surface area (Å²) in [6, 6.07) is 3.73. The number of hydrogen-bond donors (Lipinski definition) is 0. The average Bonchev–Trinajstić information content (AvgIpc) is 3.15. The van der Waals surface area contributed by atoms with Crippen LogP contribution >= 0.6 is 11.6 Å². The van der Waals surface area contributed by atoms with Crippen LogP contribution in [0.4, 0.5) is 11.5 Å². The van der Waals surface area contributed by atoms with Crippen molar-refractivity contribution >= 4 is 23.1 Å². The molecule has 0 saturated heterocycles. The van der Waals surface area contributed by atoms with Gasteiger partial charge in [-0.1, -0.05) is 11.6 Å². The first-order chi connectivity index (χ1) is 8.63. The van der Waals surface area contributed by atoms with Crippen LogP contribution in [0.25, 0.3) is 0 Å². The molecule has 94 valence electrons. The molecule has 6 nitrogen and oxygen atoms in total. The molecule has 1 saturated carbocycles. The maximum absolute atomic E-state index is 10.6. The Labute approximate surface area is 109 Å². The van der Waals surface area contributed by atoms with Gasteiger partial charge in [-0.2, -0.15) is 5.26 Å². The Balaban J connectivity index is 2.25. The number of anilines is 1. The van der Waals surface area contributed by atoms with Gasteiger partial charge in [0.2, 0.25) is 0 Å². The largest absolute Gasteiger partial charge is 0.351 e. The molecule has 1 aromatic rings. The fourth-order valence-electron chi connectivity index (χ4n) is 1.75. The van der Waals surface area contributed by atoms with Crippen molar-refractivity contribution in [3.05, 3.63) is 27.4 Å². The Morgan fingerprint density at radius 2 is 2.39 bits per heavy atom. The second kappa shape index (κ2) is 5.19. The molecule has 1 aliphatic rings. The summed E-state index contributed by atoms with van der Waals surface area (Å²) in [5, 5.41) is 19.5. The van der Waals surface area contributed by atoms with Gasteiger partial charge in [-0.05, 0) is 12.8 Å². The van der Waals surface area contributed by atoms with Gasteiger partial charge in [0.1, 0.15) is 12.0 Å². The first-order valence-corrected chi connectivity index (χ1v) is 5.95. The summed E-state index contributed by atoms with van der Waals surface area (Å²) in [6.07, 6.45) is 3.66. The van der Waals surface area contributed by atoms with Crippen molar-refractivity contribution in [3.63, 3.8) is 0 Å². The number of nitriles is 1. The van der Waals surface area contributed by atoms with Crippen molar-refractivity contribution in [2.75, 3.05) is 11.4 Å². The monoisotopic (exact) mass is 266 g/mol. The summed E-state index contributed by atoms with van der Waals surface area (Å²) in [6.45, 7) is 0.547. The second-order valence-corrected chi connectivity index (χ2v) is 4.50. The third-order valence-corrected chi connectivity index (χ3v) is 3.02. The van der Waals surface area contributed by atoms with E-state index in [1.807, 2.05) is 4.90 Å². The van der Waals surface area contributed by atoms with E-state index in [0.29, 0.717) is 24.8 Å². The number of aromatic nitrogens is 1. The molecule has 0 radical (unpaired) electrons. The lowest BCUT2D eigenvalue weighted by molar-refractivity contribution is -0.385. The first-order valence-electron chi connectivity index (χ1n) is 5.57. The topological polar surface area (TPSA) is 83.1 Å². The molecular weight excluding hydrogens is 256 g/mol. The van der Waals surface area contributed by atoms with E-state index in [9.17, 15) is 10.1 Å². The number of nitro groups is 1. The molecule has 1 heterocycles. The molecule has 0 unspecified atom stereocenters. The fourth-order valence-corrected chi connectivity index (χ4v) is 2.02. The highest BCUT2D eigenvalue weighted by Crippen LogP contribution is 2.35. The maximum atomic E-state index is 10.6. The van der Waals surface area contributed by atoms with Crippen LogP contribution in [0.5, 0.6) is 0 Å². The van der Waals surface area contributed by atoms with E-state index in [1.54, 1.807) is 0 Å². The van der Waals surface area contributed by atoms with E-state index in [4.69, 9.17) is 16.9 Å². The molecule has 0 spiro atoms. The molecule has 0 aromatic carbocycles. The quantitative estimate of drug-likeness (QED) is 0.604. The highest BCUT2D eigenvalue weighted by Gasteiger charge is 2.31. The molecule has 0 amide bonds. The Kier molecular flexibility index (Phi) is 3.63. The van der Waals surface area contributed by atoms with Gasteiger partial charge in [0.25, 0.3) is 5.69 Å². The van der Waals surface area contributed by atoms with Gasteiger partial charge in [0.15, 0.2) is 0 Å². The highest BCUT2D eigenvalue weighted by molar-refractivity contribution is 6.33. The van der Waals surface area contributed by atoms with Crippen LogP contribution in [0, 0.1) is 21.4 Å². The van der Waals surface area contributed by atoms with E-state index in [0.717, 1.165) is 12.8 Å². The number of nitrogens with zero attached hydrogens (tertiary/aromatic N) is 4. The standard InChI is InChI=1S/C11H11ClN4O2/c12-10-6-9(16(17)18)7-14-11(10)15(5-1-4-13)8-2-3-8/h6-8H,1-3,5H2. The zero-order chi connectivity index (χ0) is 13.1. The Morgan fingerprint density at radius 1 is 1.67 bits per heavy atom. The van der Waals surface area contributed by atoms with Crippen LogP contribution in [0.3, 0.4) is 0 Å². The Bertz CT molecular complexity index is 510. The average molecular weight is 267 g/mol. The molecule has 1 aliphatic carbocycles. The molecule has 0 bridgehead atoms. The van der Waals surface area contributed by atoms with Crippen LogP contribution in [0.2, 0.25) is 5.02 Å². The summed E-state index contributed by atoms with van der Waals surface area (Å²) >= 11 is 6.03. The zero-order valence-electron chi connectivity index (χ0n) is 9.54. The smallest absolute Gasteiger partial charge is 0.289 e. The SMILES string of the molecule is N#CCCN(c1ncc([N+](=O)[O-])cc1Cl)C1CC1. The van der Waals surface area contributed by atoms with E-state index in [1.165, 1.54) is 12.3 Å². The summed E-state index contributed by atoms with van der Waals surface area (Å²) in [5.74, 6) is 0.528. The first kappa shape index (κ1) is 12.6. The van der Waals surface area contributed by atoms with Gasteiger partial charge in [0, 0.05) is 18.7 Å². The number of rotatable bonds is 5. The van der Waals surface area contributed by atoms with E-state index < -0.39 is 4.92 Å². The van der Waals surface area contributed by atoms with Crippen molar-refractivity contribution in [1.29, 1.82) is 5.26 Å². The maximum Gasteiger partial charge on any atom is 0.289 e. The Morgan fingerprint density at radius 3 is 2.89 bits per heavy atom. The molecule has 7 heteroatoms. The van der Waals surface area contributed by atoms with Gasteiger partial charge in [-0.15, -0.1) is 0 Å². The van der Waals surface area contributed by atoms with Crippen molar-refractivity contribution in [2.24, 2.45) is 0 Å². The predicted molar refractivity (Wildman–Crippen MR) is 66.5 cm³/mol. The third-order valence-electron chi connectivity index (χ3n) is 2.74. The normalized spacial score (nSPS) is 14.0. The minimum Gasteiger partial charge on any atom is -0.351 e. The van der Waals surface area contributed by atoms with Crippen molar-refractivity contribution in [1.82, 2.24) is 4.98 Å². The summed E-state index contributed by atoms with van der Waals surface area (Å²) in [4.78, 5) is 16.1. The van der Waals surface area contributed by atoms with Crippen molar-refractivity contribution in [3.8, 4) is 6.07 Å². The molecule has 0 atom stereocenters. The van der Waals surface area contributed by atoms with Crippen LogP contribution in [-0.2, 0) is 0 Å². The number of hydrogen-bond acceptors (Lipinski definition) is 5. The molecule has 2 rings (SSSR count). The molecule has 0 N–H and O–H groups in total. The Hall–Kier alpha value is -1.87. The van der Waals surface area contributed by atoms with E-state index >= 15 is 0 Å². The highest BCUT2D eigenvalue weighted by atomic mass is 35.5. The van der Waals surface area contributed by atoms with Crippen molar-refractivity contribution in [2.45, 2.75) is 25.3 Å². The minimum absolute atomic E-state index is 0.125. The minimum atomic E-state index is -0.528. The van der Waals surface area contributed by atoms with E-state index in [2.05, 4.69) is 11.1 Å². The third kappa shape index (κ3) is 2.68. The van der Waals surface area contributed by atoms with Gasteiger partial charge < -0.3 is 4.90 Å². The second-order valence-electron chi connectivity index (χ2n) is 4.09. The number of halogens is 1. The lowest BCUT2D eigenvalue weighted by Gasteiger charge is -2.22. The fraction of sp³-hybridized carbons (Fsp3) is 0.455.